The fourth-order valence-corrected chi connectivity index (χ4v) is 2.65. The average Bonchev–Trinajstić information content (AvgIpc) is 2.58. The van der Waals surface area contributed by atoms with Crippen LogP contribution < -0.4 is 15.2 Å². The van der Waals surface area contributed by atoms with Crippen molar-refractivity contribution >= 4 is 0 Å². The zero-order chi connectivity index (χ0) is 18.4. The zero-order valence-electron chi connectivity index (χ0n) is 14.9. The number of nitrogens with two attached hydrogens (primary N) is 1. The van der Waals surface area contributed by atoms with Crippen LogP contribution in [0.2, 0.25) is 0 Å². The van der Waals surface area contributed by atoms with Gasteiger partial charge in [-0.2, -0.15) is 0 Å². The molecule has 2 rings (SSSR count). The van der Waals surface area contributed by atoms with E-state index in [1.165, 1.54) is 12.1 Å². The predicted octanol–water partition coefficient (Wildman–Crippen LogP) is 4.29. The fourth-order valence-electron chi connectivity index (χ4n) is 2.65. The van der Waals surface area contributed by atoms with Crippen LogP contribution in [0.5, 0.6) is 11.5 Å². The van der Waals surface area contributed by atoms with Crippen LogP contribution in [0.25, 0.3) is 0 Å². The lowest BCUT2D eigenvalue weighted by atomic mass is 9.91. The molecule has 2 aromatic carbocycles. The number of methoxy groups -OCH3 is 1. The minimum atomic E-state index is -0.592. The molecule has 2 aromatic rings. The molecule has 0 aromatic heterocycles. The molecule has 0 aliphatic rings. The molecule has 1 atom stereocenters. The molecule has 0 heterocycles. The van der Waals surface area contributed by atoms with Crippen molar-refractivity contribution in [2.45, 2.75) is 26.2 Å². The molecule has 1 unspecified atom stereocenters. The summed E-state index contributed by atoms with van der Waals surface area (Å²) in [6.07, 6.45) is 0.528. The van der Waals surface area contributed by atoms with Crippen molar-refractivity contribution in [1.82, 2.24) is 0 Å². The summed E-state index contributed by atoms with van der Waals surface area (Å²) in [7, 11) is 1.58. The topological polar surface area (TPSA) is 44.5 Å². The van der Waals surface area contributed by atoms with Gasteiger partial charge in [0.05, 0.1) is 13.7 Å². The highest BCUT2D eigenvalue weighted by molar-refractivity contribution is 5.43. The Balaban J connectivity index is 2.19. The molecule has 0 saturated heterocycles. The zero-order valence-corrected chi connectivity index (χ0v) is 14.9. The maximum atomic E-state index is 14.0. The molecule has 0 fully saturated rings. The first-order valence-electron chi connectivity index (χ1n) is 8.39. The van der Waals surface area contributed by atoms with E-state index in [1.807, 2.05) is 18.2 Å². The fraction of sp³-hybridized carbons (Fsp3) is 0.400. The van der Waals surface area contributed by atoms with Crippen LogP contribution in [-0.2, 0) is 6.42 Å². The van der Waals surface area contributed by atoms with E-state index in [0.717, 1.165) is 11.6 Å². The summed E-state index contributed by atoms with van der Waals surface area (Å²) in [4.78, 5) is 0. The van der Waals surface area contributed by atoms with E-state index in [-0.39, 0.29) is 12.5 Å². The minimum absolute atomic E-state index is 0.243. The summed E-state index contributed by atoms with van der Waals surface area (Å²) in [6, 6.07) is 9.25. The summed E-state index contributed by atoms with van der Waals surface area (Å²) in [5, 5.41) is 0. The summed E-state index contributed by atoms with van der Waals surface area (Å²) in [5.74, 6) is 0.315. The third-order valence-corrected chi connectivity index (χ3v) is 3.97. The first kappa shape index (κ1) is 19.2. The van der Waals surface area contributed by atoms with Gasteiger partial charge in [-0.3, -0.25) is 0 Å². The van der Waals surface area contributed by atoms with E-state index in [4.69, 9.17) is 15.2 Å². The molecule has 2 N–H and O–H groups in total. The maximum absolute atomic E-state index is 14.0. The Hall–Kier alpha value is -2.14. The lowest BCUT2D eigenvalue weighted by Crippen LogP contribution is -2.16. The van der Waals surface area contributed by atoms with E-state index in [0.29, 0.717) is 36.0 Å². The van der Waals surface area contributed by atoms with Gasteiger partial charge in [0, 0.05) is 12.0 Å². The molecular formula is C20H25F2NO2. The van der Waals surface area contributed by atoms with Crippen molar-refractivity contribution in [3.8, 4) is 11.5 Å². The van der Waals surface area contributed by atoms with Crippen LogP contribution >= 0.6 is 0 Å². The lowest BCUT2D eigenvalue weighted by molar-refractivity contribution is 0.256. The molecule has 0 radical (unpaired) electrons. The Morgan fingerprint density at radius 2 is 1.80 bits per heavy atom. The smallest absolute Gasteiger partial charge is 0.161 e. The van der Waals surface area contributed by atoms with E-state index >= 15 is 0 Å². The van der Waals surface area contributed by atoms with Gasteiger partial charge < -0.3 is 15.2 Å². The third-order valence-electron chi connectivity index (χ3n) is 3.97. The SMILES string of the molecule is COc1cc(CC(CN)c2ccc(F)cc2F)ccc1OCC(C)C. The Morgan fingerprint density at radius 1 is 1.04 bits per heavy atom. The van der Waals surface area contributed by atoms with Gasteiger partial charge in [-0.1, -0.05) is 26.0 Å². The summed E-state index contributed by atoms with van der Waals surface area (Å²) >= 11 is 0. The van der Waals surface area contributed by atoms with Gasteiger partial charge >= 0.3 is 0 Å². The molecule has 25 heavy (non-hydrogen) atoms. The van der Waals surface area contributed by atoms with Crippen molar-refractivity contribution in [2.75, 3.05) is 20.3 Å². The first-order valence-corrected chi connectivity index (χ1v) is 8.39. The molecular weight excluding hydrogens is 324 g/mol. The van der Waals surface area contributed by atoms with E-state index in [9.17, 15) is 8.78 Å². The van der Waals surface area contributed by atoms with Crippen molar-refractivity contribution in [3.05, 3.63) is 59.2 Å². The Labute approximate surface area is 147 Å². The van der Waals surface area contributed by atoms with E-state index in [2.05, 4.69) is 13.8 Å². The van der Waals surface area contributed by atoms with Gasteiger partial charge in [0.1, 0.15) is 11.6 Å². The molecule has 5 heteroatoms. The highest BCUT2D eigenvalue weighted by Gasteiger charge is 2.17. The van der Waals surface area contributed by atoms with Crippen molar-refractivity contribution in [3.63, 3.8) is 0 Å². The van der Waals surface area contributed by atoms with Crippen molar-refractivity contribution in [1.29, 1.82) is 0 Å². The number of halogens is 2. The molecule has 0 spiro atoms. The van der Waals surface area contributed by atoms with Crippen molar-refractivity contribution < 1.29 is 18.3 Å². The minimum Gasteiger partial charge on any atom is -0.493 e. The predicted molar refractivity (Wildman–Crippen MR) is 95.2 cm³/mol. The molecule has 0 aliphatic heterocycles. The number of hydrogen-bond donors (Lipinski definition) is 1. The Kier molecular flexibility index (Phi) is 6.76. The number of ether oxygens (including phenoxy) is 2. The van der Waals surface area contributed by atoms with Gasteiger partial charge in [-0.15, -0.1) is 0 Å². The van der Waals surface area contributed by atoms with Crippen LogP contribution in [-0.4, -0.2) is 20.3 Å². The van der Waals surface area contributed by atoms with Crippen LogP contribution in [0.3, 0.4) is 0 Å². The van der Waals surface area contributed by atoms with E-state index in [1.54, 1.807) is 7.11 Å². The average molecular weight is 349 g/mol. The standard InChI is InChI=1S/C20H25F2NO2/c1-13(2)12-25-19-7-4-14(9-20(19)24-3)8-15(11-23)17-6-5-16(21)10-18(17)22/h4-7,9-10,13,15H,8,11-12,23H2,1-3H3. The molecule has 0 amide bonds. The second-order valence-corrected chi connectivity index (χ2v) is 6.49. The Morgan fingerprint density at radius 3 is 2.40 bits per heavy atom. The monoisotopic (exact) mass is 349 g/mol. The van der Waals surface area contributed by atoms with Crippen LogP contribution in [0.1, 0.15) is 30.9 Å². The van der Waals surface area contributed by atoms with Gasteiger partial charge in [-0.25, -0.2) is 8.78 Å². The van der Waals surface area contributed by atoms with Crippen LogP contribution in [0, 0.1) is 17.6 Å². The molecule has 0 aliphatic carbocycles. The van der Waals surface area contributed by atoms with Crippen molar-refractivity contribution in [2.24, 2.45) is 11.7 Å². The summed E-state index contributed by atoms with van der Waals surface area (Å²) in [6.45, 7) is 5.01. The first-order chi connectivity index (χ1) is 11.9. The number of rotatable bonds is 8. The molecule has 3 nitrogen and oxygen atoms in total. The molecule has 136 valence electrons. The largest absolute Gasteiger partial charge is 0.493 e. The van der Waals surface area contributed by atoms with Gasteiger partial charge in [-0.05, 0) is 48.2 Å². The Bertz CT molecular complexity index is 704. The molecule has 0 bridgehead atoms. The third kappa shape index (κ3) is 5.16. The second-order valence-electron chi connectivity index (χ2n) is 6.49. The highest BCUT2D eigenvalue weighted by atomic mass is 19.1. The van der Waals surface area contributed by atoms with Gasteiger partial charge in [0.2, 0.25) is 0 Å². The van der Waals surface area contributed by atoms with Crippen LogP contribution in [0.4, 0.5) is 8.78 Å². The number of benzene rings is 2. The summed E-state index contributed by atoms with van der Waals surface area (Å²) < 4.78 is 38.3. The van der Waals surface area contributed by atoms with Gasteiger partial charge in [0.25, 0.3) is 0 Å². The molecule has 0 saturated carbocycles. The quantitative estimate of drug-likeness (QED) is 0.773. The van der Waals surface area contributed by atoms with E-state index < -0.39 is 11.6 Å². The lowest BCUT2D eigenvalue weighted by Gasteiger charge is -2.18. The highest BCUT2D eigenvalue weighted by Crippen LogP contribution is 2.31. The normalized spacial score (nSPS) is 12.3. The summed E-state index contributed by atoms with van der Waals surface area (Å²) in [5.41, 5.74) is 7.20. The van der Waals surface area contributed by atoms with Gasteiger partial charge in [0.15, 0.2) is 11.5 Å². The second kappa shape index (κ2) is 8.81. The maximum Gasteiger partial charge on any atom is 0.161 e. The van der Waals surface area contributed by atoms with Crippen LogP contribution in [0.15, 0.2) is 36.4 Å². The number of hydrogen-bond acceptors (Lipinski definition) is 3.